The summed E-state index contributed by atoms with van der Waals surface area (Å²) in [7, 11) is 2.15. The summed E-state index contributed by atoms with van der Waals surface area (Å²) in [5.74, 6) is 0.717. The summed E-state index contributed by atoms with van der Waals surface area (Å²) in [5, 5.41) is 3.49. The molecule has 0 amide bonds. The van der Waals surface area contributed by atoms with E-state index >= 15 is 0 Å². The van der Waals surface area contributed by atoms with Crippen molar-refractivity contribution < 1.29 is 0 Å². The van der Waals surface area contributed by atoms with Gasteiger partial charge in [0.15, 0.2) is 0 Å². The van der Waals surface area contributed by atoms with E-state index in [0.29, 0.717) is 12.0 Å². The number of hydrogen-bond donors (Lipinski definition) is 1. The van der Waals surface area contributed by atoms with E-state index in [2.05, 4.69) is 68.4 Å². The molecule has 0 bridgehead atoms. The first kappa shape index (κ1) is 13.0. The Morgan fingerprint density at radius 1 is 1.06 bits per heavy atom. The molecule has 2 heteroatoms. The van der Waals surface area contributed by atoms with E-state index in [1.807, 2.05) is 0 Å². The molecule has 1 rings (SSSR count). The third-order valence-electron chi connectivity index (χ3n) is 2.82. The van der Waals surface area contributed by atoms with Gasteiger partial charge in [0, 0.05) is 25.3 Å². The van der Waals surface area contributed by atoms with Crippen molar-refractivity contribution in [3.05, 3.63) is 30.3 Å². The van der Waals surface area contributed by atoms with Crippen LogP contribution >= 0.6 is 0 Å². The van der Waals surface area contributed by atoms with Crippen molar-refractivity contribution >= 4 is 5.69 Å². The van der Waals surface area contributed by atoms with E-state index in [1.54, 1.807) is 0 Å². The highest BCUT2D eigenvalue weighted by atomic mass is 15.1. The van der Waals surface area contributed by atoms with E-state index in [-0.39, 0.29) is 0 Å². The van der Waals surface area contributed by atoms with E-state index < -0.39 is 0 Å². The fourth-order valence-corrected chi connectivity index (χ4v) is 1.64. The Bertz CT molecular complexity index is 282. The van der Waals surface area contributed by atoms with Gasteiger partial charge in [-0.15, -0.1) is 0 Å². The summed E-state index contributed by atoms with van der Waals surface area (Å²) in [6.45, 7) is 8.84. The number of hydrogen-bond acceptors (Lipinski definition) is 2. The van der Waals surface area contributed by atoms with E-state index in [9.17, 15) is 0 Å². The predicted molar refractivity (Wildman–Crippen MR) is 72.0 cm³/mol. The first-order valence-corrected chi connectivity index (χ1v) is 6.10. The van der Waals surface area contributed by atoms with Gasteiger partial charge < -0.3 is 10.2 Å². The lowest BCUT2D eigenvalue weighted by atomic mass is 10.2. The zero-order valence-corrected chi connectivity index (χ0v) is 10.9. The van der Waals surface area contributed by atoms with Crippen LogP contribution in [0, 0.1) is 5.92 Å². The zero-order valence-electron chi connectivity index (χ0n) is 10.9. The Labute approximate surface area is 99.7 Å². The summed E-state index contributed by atoms with van der Waals surface area (Å²) in [5.41, 5.74) is 1.28. The number of likely N-dealkylation sites (N-methyl/N-ethyl adjacent to an activating group) is 1. The van der Waals surface area contributed by atoms with E-state index in [1.165, 1.54) is 5.69 Å². The van der Waals surface area contributed by atoms with Gasteiger partial charge in [-0.05, 0) is 31.5 Å². The van der Waals surface area contributed by atoms with Gasteiger partial charge in [0.05, 0.1) is 0 Å². The standard InChI is InChI=1S/C14H24N2/c1-12(2)10-15-11-13(3)16(4)14-8-6-5-7-9-14/h5-9,12-13,15H,10-11H2,1-4H3. The van der Waals surface area contributed by atoms with Gasteiger partial charge in [-0.25, -0.2) is 0 Å². The average molecular weight is 220 g/mol. The van der Waals surface area contributed by atoms with E-state index in [0.717, 1.165) is 13.1 Å². The predicted octanol–water partition coefficient (Wildman–Crippen LogP) is 2.76. The Balaban J connectivity index is 2.39. The quantitative estimate of drug-likeness (QED) is 0.793. The van der Waals surface area contributed by atoms with E-state index in [4.69, 9.17) is 0 Å². The van der Waals surface area contributed by atoms with Gasteiger partial charge in [-0.1, -0.05) is 32.0 Å². The fourth-order valence-electron chi connectivity index (χ4n) is 1.64. The first-order chi connectivity index (χ1) is 7.61. The number of anilines is 1. The number of benzene rings is 1. The van der Waals surface area contributed by atoms with Crippen LogP contribution < -0.4 is 10.2 Å². The molecule has 16 heavy (non-hydrogen) atoms. The van der Waals surface area contributed by atoms with Crippen LogP contribution in [0.3, 0.4) is 0 Å². The zero-order chi connectivity index (χ0) is 12.0. The third-order valence-corrected chi connectivity index (χ3v) is 2.82. The molecule has 0 heterocycles. The van der Waals surface area contributed by atoms with Crippen LogP contribution in [0.25, 0.3) is 0 Å². The van der Waals surface area contributed by atoms with Gasteiger partial charge in [0.25, 0.3) is 0 Å². The first-order valence-electron chi connectivity index (χ1n) is 6.10. The molecule has 1 aromatic carbocycles. The largest absolute Gasteiger partial charge is 0.371 e. The van der Waals surface area contributed by atoms with Crippen molar-refractivity contribution in [1.82, 2.24) is 5.32 Å². The smallest absolute Gasteiger partial charge is 0.0383 e. The van der Waals surface area contributed by atoms with Gasteiger partial charge >= 0.3 is 0 Å². The van der Waals surface area contributed by atoms with Crippen molar-refractivity contribution in [3.8, 4) is 0 Å². The minimum atomic E-state index is 0.515. The Kier molecular flexibility index (Phi) is 5.33. The number of nitrogens with zero attached hydrogens (tertiary/aromatic N) is 1. The summed E-state index contributed by atoms with van der Waals surface area (Å²) in [6, 6.07) is 11.0. The Morgan fingerprint density at radius 3 is 2.25 bits per heavy atom. The van der Waals surface area contributed by atoms with Crippen LogP contribution in [0.4, 0.5) is 5.69 Å². The molecule has 0 radical (unpaired) electrons. The Hall–Kier alpha value is -1.02. The molecule has 0 aliphatic heterocycles. The van der Waals surface area contributed by atoms with Gasteiger partial charge in [0.2, 0.25) is 0 Å². The average Bonchev–Trinajstić information content (AvgIpc) is 2.28. The van der Waals surface area contributed by atoms with Crippen molar-refractivity contribution in [2.75, 3.05) is 25.0 Å². The third kappa shape index (κ3) is 4.23. The highest BCUT2D eigenvalue weighted by Crippen LogP contribution is 2.13. The second-order valence-electron chi connectivity index (χ2n) is 4.85. The van der Waals surface area contributed by atoms with Crippen LogP contribution in [0.1, 0.15) is 20.8 Å². The summed E-state index contributed by atoms with van der Waals surface area (Å²) < 4.78 is 0. The molecule has 0 fully saturated rings. The minimum absolute atomic E-state index is 0.515. The SMILES string of the molecule is CC(C)CNCC(C)N(C)c1ccccc1. The lowest BCUT2D eigenvalue weighted by Gasteiger charge is -2.27. The molecule has 0 saturated carbocycles. The molecule has 0 spiro atoms. The normalized spacial score (nSPS) is 12.8. The van der Waals surface area contributed by atoms with Crippen molar-refractivity contribution in [3.63, 3.8) is 0 Å². The second-order valence-corrected chi connectivity index (χ2v) is 4.85. The van der Waals surface area contributed by atoms with Crippen molar-refractivity contribution in [2.24, 2.45) is 5.92 Å². The topological polar surface area (TPSA) is 15.3 Å². The summed E-state index contributed by atoms with van der Waals surface area (Å²) >= 11 is 0. The molecular weight excluding hydrogens is 196 g/mol. The molecular formula is C14H24N2. The van der Waals surface area contributed by atoms with Crippen LogP contribution in [0.2, 0.25) is 0 Å². The maximum atomic E-state index is 3.49. The van der Waals surface area contributed by atoms with Crippen LogP contribution in [0.5, 0.6) is 0 Å². The van der Waals surface area contributed by atoms with Gasteiger partial charge in [-0.2, -0.15) is 0 Å². The number of nitrogens with one attached hydrogen (secondary N) is 1. The monoisotopic (exact) mass is 220 g/mol. The molecule has 1 aromatic rings. The minimum Gasteiger partial charge on any atom is -0.371 e. The molecule has 1 atom stereocenters. The molecule has 0 saturated heterocycles. The van der Waals surface area contributed by atoms with Crippen molar-refractivity contribution in [1.29, 1.82) is 0 Å². The summed E-state index contributed by atoms with van der Waals surface area (Å²) in [4.78, 5) is 2.31. The maximum Gasteiger partial charge on any atom is 0.0383 e. The van der Waals surface area contributed by atoms with Gasteiger partial charge in [0.1, 0.15) is 0 Å². The number of rotatable bonds is 6. The second kappa shape index (κ2) is 6.54. The highest BCUT2D eigenvalue weighted by molar-refractivity contribution is 5.45. The molecule has 0 aliphatic carbocycles. The molecule has 90 valence electrons. The Morgan fingerprint density at radius 2 is 1.69 bits per heavy atom. The lowest BCUT2D eigenvalue weighted by molar-refractivity contribution is 0.518. The fraction of sp³-hybridized carbons (Fsp3) is 0.571. The van der Waals surface area contributed by atoms with Crippen molar-refractivity contribution in [2.45, 2.75) is 26.8 Å². The van der Waals surface area contributed by atoms with Crippen LogP contribution in [-0.2, 0) is 0 Å². The molecule has 0 aromatic heterocycles. The lowest BCUT2D eigenvalue weighted by Crippen LogP contribution is -2.39. The molecule has 0 aliphatic rings. The molecule has 1 unspecified atom stereocenters. The maximum absolute atomic E-state index is 3.49. The van der Waals surface area contributed by atoms with Crippen LogP contribution in [-0.4, -0.2) is 26.2 Å². The summed E-state index contributed by atoms with van der Waals surface area (Å²) in [6.07, 6.45) is 0. The van der Waals surface area contributed by atoms with Gasteiger partial charge in [-0.3, -0.25) is 0 Å². The number of para-hydroxylation sites is 1. The van der Waals surface area contributed by atoms with Crippen LogP contribution in [0.15, 0.2) is 30.3 Å². The molecule has 2 nitrogen and oxygen atoms in total. The molecule has 1 N–H and O–H groups in total. The highest BCUT2D eigenvalue weighted by Gasteiger charge is 2.08.